The lowest BCUT2D eigenvalue weighted by molar-refractivity contribution is 0.0848. The average Bonchev–Trinajstić information content (AvgIpc) is 2.92. The Kier molecular flexibility index (Phi) is 4.94. The van der Waals surface area contributed by atoms with Crippen LogP contribution in [0, 0.1) is 6.92 Å². The maximum Gasteiger partial charge on any atom is 0.280 e. The van der Waals surface area contributed by atoms with Crippen molar-refractivity contribution in [1.82, 2.24) is 10.9 Å². The number of hydrazine groups is 1. The van der Waals surface area contributed by atoms with Crippen molar-refractivity contribution in [3.63, 3.8) is 0 Å². The normalized spacial score (nSPS) is 10.0. The summed E-state index contributed by atoms with van der Waals surface area (Å²) in [6, 6.07) is 8.56. The minimum absolute atomic E-state index is 0.318. The van der Waals surface area contributed by atoms with Crippen molar-refractivity contribution in [2.24, 2.45) is 0 Å². The van der Waals surface area contributed by atoms with Crippen molar-refractivity contribution in [3.8, 4) is 5.75 Å². The van der Waals surface area contributed by atoms with Crippen LogP contribution < -0.4 is 15.6 Å². The van der Waals surface area contributed by atoms with Gasteiger partial charge in [-0.05, 0) is 55.1 Å². The number of amides is 2. The van der Waals surface area contributed by atoms with Crippen LogP contribution in [0.2, 0.25) is 0 Å². The Hall–Kier alpha value is -2.34. The van der Waals surface area contributed by atoms with Gasteiger partial charge in [-0.25, -0.2) is 0 Å². The standard InChI is InChI=1S/C15H16N2O3S/c1-3-20-12-6-4-11(5-7-12)14(18)16-17-15(19)13-10(2)8-9-21-13/h4-9H,3H2,1-2H3,(H,16,18)(H,17,19). The molecule has 0 fully saturated rings. The van der Waals surface area contributed by atoms with Crippen molar-refractivity contribution in [2.45, 2.75) is 13.8 Å². The first-order chi connectivity index (χ1) is 10.1. The maximum atomic E-state index is 11.9. The van der Waals surface area contributed by atoms with E-state index in [1.807, 2.05) is 25.3 Å². The number of aryl methyl sites for hydroxylation is 1. The molecule has 5 nitrogen and oxygen atoms in total. The van der Waals surface area contributed by atoms with Gasteiger partial charge < -0.3 is 4.74 Å². The van der Waals surface area contributed by atoms with Gasteiger partial charge in [0.25, 0.3) is 11.8 Å². The van der Waals surface area contributed by atoms with Crippen molar-refractivity contribution in [1.29, 1.82) is 0 Å². The second-order valence-electron chi connectivity index (χ2n) is 4.30. The van der Waals surface area contributed by atoms with Gasteiger partial charge in [-0.1, -0.05) is 0 Å². The molecule has 0 saturated carbocycles. The molecule has 0 atom stereocenters. The Morgan fingerprint density at radius 2 is 1.76 bits per heavy atom. The van der Waals surface area contributed by atoms with Crippen LogP contribution in [-0.4, -0.2) is 18.4 Å². The summed E-state index contributed by atoms with van der Waals surface area (Å²) in [4.78, 5) is 24.4. The summed E-state index contributed by atoms with van der Waals surface area (Å²) < 4.78 is 5.30. The van der Waals surface area contributed by atoms with E-state index in [1.54, 1.807) is 24.3 Å². The lowest BCUT2D eigenvalue weighted by Gasteiger charge is -2.08. The molecule has 1 aromatic carbocycles. The van der Waals surface area contributed by atoms with Gasteiger partial charge in [-0.2, -0.15) is 0 Å². The molecule has 0 aliphatic carbocycles. The summed E-state index contributed by atoms with van der Waals surface area (Å²) in [6.07, 6.45) is 0. The molecule has 110 valence electrons. The first-order valence-electron chi connectivity index (χ1n) is 6.49. The molecule has 21 heavy (non-hydrogen) atoms. The van der Waals surface area contributed by atoms with E-state index in [4.69, 9.17) is 4.74 Å². The summed E-state index contributed by atoms with van der Waals surface area (Å²) >= 11 is 1.33. The largest absolute Gasteiger partial charge is 0.494 e. The van der Waals surface area contributed by atoms with Crippen LogP contribution in [0.25, 0.3) is 0 Å². The highest BCUT2D eigenvalue weighted by molar-refractivity contribution is 7.12. The van der Waals surface area contributed by atoms with Crippen LogP contribution in [0.4, 0.5) is 0 Å². The van der Waals surface area contributed by atoms with Gasteiger partial charge in [0.15, 0.2) is 0 Å². The molecule has 0 saturated heterocycles. The van der Waals surface area contributed by atoms with Gasteiger partial charge in [0, 0.05) is 5.56 Å². The number of carbonyl (C=O) groups excluding carboxylic acids is 2. The number of thiophene rings is 1. The van der Waals surface area contributed by atoms with E-state index in [0.717, 1.165) is 5.56 Å². The number of benzene rings is 1. The number of ether oxygens (including phenoxy) is 1. The molecule has 2 aromatic rings. The number of hydrogen-bond acceptors (Lipinski definition) is 4. The lowest BCUT2D eigenvalue weighted by atomic mass is 10.2. The Morgan fingerprint density at radius 3 is 2.33 bits per heavy atom. The first kappa shape index (κ1) is 15.1. The number of nitrogens with one attached hydrogen (secondary N) is 2. The predicted octanol–water partition coefficient (Wildman–Crippen LogP) is 2.53. The third-order valence-corrected chi connectivity index (χ3v) is 3.80. The smallest absolute Gasteiger partial charge is 0.280 e. The van der Waals surface area contributed by atoms with Gasteiger partial charge in [-0.3, -0.25) is 20.4 Å². The molecular weight excluding hydrogens is 288 g/mol. The lowest BCUT2D eigenvalue weighted by Crippen LogP contribution is -2.41. The molecule has 2 N–H and O–H groups in total. The Labute approximate surface area is 126 Å². The minimum atomic E-state index is -0.374. The van der Waals surface area contributed by atoms with E-state index in [0.29, 0.717) is 22.8 Å². The van der Waals surface area contributed by atoms with E-state index >= 15 is 0 Å². The average molecular weight is 304 g/mol. The van der Waals surface area contributed by atoms with Gasteiger partial charge in [0.05, 0.1) is 11.5 Å². The first-order valence-corrected chi connectivity index (χ1v) is 7.37. The van der Waals surface area contributed by atoms with E-state index in [1.165, 1.54) is 11.3 Å². The third kappa shape index (κ3) is 3.82. The van der Waals surface area contributed by atoms with E-state index in [-0.39, 0.29) is 11.8 Å². The fraction of sp³-hybridized carbons (Fsp3) is 0.200. The molecule has 0 unspecified atom stereocenters. The summed E-state index contributed by atoms with van der Waals surface area (Å²) in [5.41, 5.74) is 6.13. The zero-order valence-electron chi connectivity index (χ0n) is 11.8. The second kappa shape index (κ2) is 6.90. The molecule has 0 bridgehead atoms. The summed E-state index contributed by atoms with van der Waals surface area (Å²) in [5, 5.41) is 1.83. The maximum absolute atomic E-state index is 11.9. The van der Waals surface area contributed by atoms with Crippen molar-refractivity contribution in [2.75, 3.05) is 6.61 Å². The number of hydrogen-bond donors (Lipinski definition) is 2. The Bertz CT molecular complexity index is 635. The van der Waals surface area contributed by atoms with Crippen LogP contribution in [0.5, 0.6) is 5.75 Å². The van der Waals surface area contributed by atoms with Gasteiger partial charge >= 0.3 is 0 Å². The molecule has 2 rings (SSSR count). The molecule has 0 aliphatic rings. The number of rotatable bonds is 4. The molecule has 2 amide bonds. The monoisotopic (exact) mass is 304 g/mol. The number of carbonyl (C=O) groups is 2. The highest BCUT2D eigenvalue weighted by Gasteiger charge is 2.12. The third-order valence-electron chi connectivity index (χ3n) is 2.79. The fourth-order valence-electron chi connectivity index (χ4n) is 1.72. The van der Waals surface area contributed by atoms with Crippen molar-refractivity contribution >= 4 is 23.2 Å². The Balaban J connectivity index is 1.92. The summed E-state index contributed by atoms with van der Waals surface area (Å²) in [6.45, 7) is 4.31. The minimum Gasteiger partial charge on any atom is -0.494 e. The van der Waals surface area contributed by atoms with Crippen LogP contribution in [-0.2, 0) is 0 Å². The molecule has 1 heterocycles. The van der Waals surface area contributed by atoms with Gasteiger partial charge in [0.1, 0.15) is 5.75 Å². The highest BCUT2D eigenvalue weighted by atomic mass is 32.1. The molecule has 6 heteroatoms. The van der Waals surface area contributed by atoms with E-state index in [9.17, 15) is 9.59 Å². The predicted molar refractivity (Wildman–Crippen MR) is 81.6 cm³/mol. The molecule has 1 aromatic heterocycles. The summed E-state index contributed by atoms with van der Waals surface area (Å²) in [7, 11) is 0. The van der Waals surface area contributed by atoms with Crippen LogP contribution in [0.1, 0.15) is 32.5 Å². The quantitative estimate of drug-likeness (QED) is 0.853. The zero-order chi connectivity index (χ0) is 15.2. The Morgan fingerprint density at radius 1 is 1.10 bits per heavy atom. The van der Waals surface area contributed by atoms with Crippen molar-refractivity contribution < 1.29 is 14.3 Å². The molecule has 0 aliphatic heterocycles. The van der Waals surface area contributed by atoms with Crippen LogP contribution in [0.3, 0.4) is 0 Å². The molecular formula is C15H16N2O3S. The topological polar surface area (TPSA) is 67.4 Å². The molecule has 0 radical (unpaired) electrons. The van der Waals surface area contributed by atoms with Gasteiger partial charge in [0.2, 0.25) is 0 Å². The molecule has 0 spiro atoms. The zero-order valence-corrected chi connectivity index (χ0v) is 12.6. The summed E-state index contributed by atoms with van der Waals surface area (Å²) in [5.74, 6) is 0.00897. The van der Waals surface area contributed by atoms with Crippen LogP contribution >= 0.6 is 11.3 Å². The van der Waals surface area contributed by atoms with E-state index < -0.39 is 0 Å². The van der Waals surface area contributed by atoms with Gasteiger partial charge in [-0.15, -0.1) is 11.3 Å². The van der Waals surface area contributed by atoms with Crippen LogP contribution in [0.15, 0.2) is 35.7 Å². The SMILES string of the molecule is CCOc1ccc(C(=O)NNC(=O)c2sccc2C)cc1. The fourth-order valence-corrected chi connectivity index (χ4v) is 2.54. The van der Waals surface area contributed by atoms with E-state index in [2.05, 4.69) is 10.9 Å². The van der Waals surface area contributed by atoms with Crippen molar-refractivity contribution in [3.05, 3.63) is 51.7 Å². The second-order valence-corrected chi connectivity index (χ2v) is 5.21. The highest BCUT2D eigenvalue weighted by Crippen LogP contribution is 2.15.